The van der Waals surface area contributed by atoms with Crippen molar-refractivity contribution >= 4 is 32.8 Å². The standard InChI is InChI=1S/C17H18ClF3N2O2S/c1-2-23(10-9-18)15-5-3-4-6-16(15)26(24,25)12-7-8-14(22)13(11-12)17(19,20)21/h3-8,11H,2,9-10,22H2,1H3. The molecule has 4 nitrogen and oxygen atoms in total. The lowest BCUT2D eigenvalue weighted by atomic mass is 10.2. The lowest BCUT2D eigenvalue weighted by molar-refractivity contribution is -0.137. The number of rotatable bonds is 6. The number of para-hydroxylation sites is 1. The monoisotopic (exact) mass is 406 g/mol. The van der Waals surface area contributed by atoms with Gasteiger partial charge in [0.15, 0.2) is 0 Å². The zero-order chi connectivity index (χ0) is 19.5. The first-order valence-electron chi connectivity index (χ1n) is 7.74. The van der Waals surface area contributed by atoms with Gasteiger partial charge in [0, 0.05) is 24.7 Å². The van der Waals surface area contributed by atoms with Crippen LogP contribution in [0.2, 0.25) is 0 Å². The number of halogens is 4. The molecule has 0 heterocycles. The van der Waals surface area contributed by atoms with Crippen molar-refractivity contribution in [3.05, 3.63) is 48.0 Å². The van der Waals surface area contributed by atoms with Crippen LogP contribution in [0.5, 0.6) is 0 Å². The van der Waals surface area contributed by atoms with Crippen molar-refractivity contribution in [1.29, 1.82) is 0 Å². The molecule has 26 heavy (non-hydrogen) atoms. The summed E-state index contributed by atoms with van der Waals surface area (Å²) in [7, 11) is -4.18. The molecule has 2 aromatic carbocycles. The third-order valence-corrected chi connectivity index (χ3v) is 5.84. The summed E-state index contributed by atoms with van der Waals surface area (Å²) in [6.45, 7) is 2.73. The van der Waals surface area contributed by atoms with Gasteiger partial charge in [-0.05, 0) is 37.3 Å². The number of nitrogens with zero attached hydrogens (tertiary/aromatic N) is 1. The van der Waals surface area contributed by atoms with Gasteiger partial charge in [-0.2, -0.15) is 13.2 Å². The van der Waals surface area contributed by atoms with Gasteiger partial charge in [0.2, 0.25) is 9.84 Å². The molecule has 0 aliphatic heterocycles. The SMILES string of the molecule is CCN(CCCl)c1ccccc1S(=O)(=O)c1ccc(N)c(C(F)(F)F)c1. The highest BCUT2D eigenvalue weighted by atomic mass is 35.5. The van der Waals surface area contributed by atoms with Gasteiger partial charge in [0.05, 0.1) is 21.0 Å². The van der Waals surface area contributed by atoms with E-state index in [4.69, 9.17) is 17.3 Å². The highest BCUT2D eigenvalue weighted by Crippen LogP contribution is 2.37. The molecule has 142 valence electrons. The molecule has 2 N–H and O–H groups in total. The Bertz CT molecular complexity index is 886. The summed E-state index contributed by atoms with van der Waals surface area (Å²) >= 11 is 5.77. The fourth-order valence-electron chi connectivity index (χ4n) is 2.57. The van der Waals surface area contributed by atoms with E-state index >= 15 is 0 Å². The molecule has 0 aliphatic carbocycles. The Labute approximate surface area is 155 Å². The van der Waals surface area contributed by atoms with E-state index in [0.717, 1.165) is 12.1 Å². The number of nitrogen functional groups attached to an aromatic ring is 1. The maximum Gasteiger partial charge on any atom is 0.418 e. The Morgan fingerprint density at radius 2 is 1.81 bits per heavy atom. The topological polar surface area (TPSA) is 63.4 Å². The third-order valence-electron chi connectivity index (χ3n) is 3.87. The number of nitrogens with two attached hydrogens (primary N) is 1. The summed E-state index contributed by atoms with van der Waals surface area (Å²) in [6, 6.07) is 8.75. The van der Waals surface area contributed by atoms with E-state index in [9.17, 15) is 21.6 Å². The molecular weight excluding hydrogens is 389 g/mol. The van der Waals surface area contributed by atoms with Crippen LogP contribution in [-0.2, 0) is 16.0 Å². The van der Waals surface area contributed by atoms with Gasteiger partial charge in [-0.1, -0.05) is 12.1 Å². The molecule has 0 amide bonds. The molecule has 2 aromatic rings. The van der Waals surface area contributed by atoms with Gasteiger partial charge in [-0.3, -0.25) is 0 Å². The average molecular weight is 407 g/mol. The van der Waals surface area contributed by atoms with E-state index in [-0.39, 0.29) is 10.8 Å². The first-order chi connectivity index (χ1) is 12.1. The Morgan fingerprint density at radius 1 is 1.15 bits per heavy atom. The van der Waals surface area contributed by atoms with Gasteiger partial charge >= 0.3 is 6.18 Å². The average Bonchev–Trinajstić information content (AvgIpc) is 2.59. The summed E-state index contributed by atoms with van der Waals surface area (Å²) in [5.74, 6) is 0.280. The molecule has 0 aliphatic rings. The second kappa shape index (κ2) is 7.75. The van der Waals surface area contributed by atoms with Gasteiger partial charge in [-0.25, -0.2) is 8.42 Å². The van der Waals surface area contributed by atoms with E-state index in [2.05, 4.69) is 0 Å². The van der Waals surface area contributed by atoms with Crippen molar-refractivity contribution < 1.29 is 21.6 Å². The molecule has 0 bridgehead atoms. The van der Waals surface area contributed by atoms with Crippen LogP contribution < -0.4 is 10.6 Å². The van der Waals surface area contributed by atoms with Crippen LogP contribution in [0, 0.1) is 0 Å². The largest absolute Gasteiger partial charge is 0.418 e. The molecule has 0 fully saturated rings. The zero-order valence-electron chi connectivity index (χ0n) is 13.9. The Morgan fingerprint density at radius 3 is 2.38 bits per heavy atom. The molecule has 0 spiro atoms. The summed E-state index contributed by atoms with van der Waals surface area (Å²) in [4.78, 5) is 1.21. The van der Waals surface area contributed by atoms with E-state index in [1.165, 1.54) is 12.1 Å². The molecule has 9 heteroatoms. The Kier molecular flexibility index (Phi) is 6.08. The second-order valence-corrected chi connectivity index (χ2v) is 7.78. The maximum absolute atomic E-state index is 13.1. The lowest BCUT2D eigenvalue weighted by Gasteiger charge is -2.24. The van der Waals surface area contributed by atoms with E-state index in [1.807, 2.05) is 6.92 Å². The van der Waals surface area contributed by atoms with E-state index < -0.39 is 32.2 Å². The van der Waals surface area contributed by atoms with Crippen LogP contribution in [0.3, 0.4) is 0 Å². The van der Waals surface area contributed by atoms with Crippen LogP contribution >= 0.6 is 11.6 Å². The third kappa shape index (κ3) is 4.07. The van der Waals surface area contributed by atoms with Gasteiger partial charge in [0.1, 0.15) is 0 Å². The second-order valence-electron chi connectivity index (χ2n) is 5.49. The number of alkyl halides is 4. The molecular formula is C17H18ClF3N2O2S. The first kappa shape index (κ1) is 20.4. The lowest BCUT2D eigenvalue weighted by Crippen LogP contribution is -2.26. The van der Waals surface area contributed by atoms with Crippen molar-refractivity contribution in [2.45, 2.75) is 22.9 Å². The maximum atomic E-state index is 13.1. The minimum atomic E-state index is -4.75. The molecule has 2 rings (SSSR count). The molecule has 0 aromatic heterocycles. The summed E-state index contributed by atoms with van der Waals surface area (Å²) in [5.41, 5.74) is 4.05. The summed E-state index contributed by atoms with van der Waals surface area (Å²) < 4.78 is 65.3. The molecule has 0 atom stereocenters. The highest BCUT2D eigenvalue weighted by molar-refractivity contribution is 7.91. The Balaban J connectivity index is 2.63. The van der Waals surface area contributed by atoms with Crippen LogP contribution in [-0.4, -0.2) is 27.4 Å². The number of benzene rings is 2. The minimum absolute atomic E-state index is 0.0788. The first-order valence-corrected chi connectivity index (χ1v) is 9.76. The predicted octanol–water partition coefficient (Wildman–Crippen LogP) is 4.19. The fourth-order valence-corrected chi connectivity index (χ4v) is 4.28. The molecule has 0 saturated carbocycles. The normalized spacial score (nSPS) is 12.2. The molecule has 0 unspecified atom stereocenters. The Hall–Kier alpha value is -1.93. The predicted molar refractivity (Wildman–Crippen MR) is 96.4 cm³/mol. The summed E-state index contributed by atoms with van der Waals surface area (Å²) in [6.07, 6.45) is -4.75. The van der Waals surface area contributed by atoms with Crippen molar-refractivity contribution in [3.63, 3.8) is 0 Å². The van der Waals surface area contributed by atoms with Crippen LogP contribution in [0.15, 0.2) is 52.3 Å². The van der Waals surface area contributed by atoms with E-state index in [1.54, 1.807) is 17.0 Å². The molecule has 0 saturated heterocycles. The fraction of sp³-hybridized carbons (Fsp3) is 0.294. The number of hydrogen-bond acceptors (Lipinski definition) is 4. The van der Waals surface area contributed by atoms with Gasteiger partial charge in [-0.15, -0.1) is 11.6 Å². The van der Waals surface area contributed by atoms with Gasteiger partial charge in [0.25, 0.3) is 0 Å². The summed E-state index contributed by atoms with van der Waals surface area (Å²) in [5, 5.41) is 0. The van der Waals surface area contributed by atoms with Gasteiger partial charge < -0.3 is 10.6 Å². The van der Waals surface area contributed by atoms with Crippen molar-refractivity contribution in [2.75, 3.05) is 29.6 Å². The van der Waals surface area contributed by atoms with Crippen LogP contribution in [0.4, 0.5) is 24.5 Å². The van der Waals surface area contributed by atoms with Crippen molar-refractivity contribution in [2.24, 2.45) is 0 Å². The molecule has 0 radical (unpaired) electrons. The number of anilines is 2. The quantitative estimate of drug-likeness (QED) is 0.577. The van der Waals surface area contributed by atoms with Crippen LogP contribution in [0.25, 0.3) is 0 Å². The number of hydrogen-bond donors (Lipinski definition) is 1. The van der Waals surface area contributed by atoms with Crippen molar-refractivity contribution in [1.82, 2.24) is 0 Å². The number of sulfone groups is 1. The zero-order valence-corrected chi connectivity index (χ0v) is 15.5. The van der Waals surface area contributed by atoms with Crippen LogP contribution in [0.1, 0.15) is 12.5 Å². The minimum Gasteiger partial charge on any atom is -0.398 e. The highest BCUT2D eigenvalue weighted by Gasteiger charge is 2.35. The smallest absolute Gasteiger partial charge is 0.398 e. The van der Waals surface area contributed by atoms with E-state index in [0.29, 0.717) is 24.8 Å². The van der Waals surface area contributed by atoms with Crippen molar-refractivity contribution in [3.8, 4) is 0 Å².